The molecule has 4 N–H and O–H groups in total. The van der Waals surface area contributed by atoms with Gasteiger partial charge in [0.2, 0.25) is 0 Å². The predicted molar refractivity (Wildman–Crippen MR) is 91.4 cm³/mol. The molecule has 5 nitrogen and oxygen atoms in total. The number of fused-ring (bicyclic) bond motifs is 2. The molecule has 1 saturated carbocycles. The van der Waals surface area contributed by atoms with Crippen molar-refractivity contribution in [1.29, 1.82) is 0 Å². The monoisotopic (exact) mass is 299 g/mol. The molecule has 0 bridgehead atoms. The number of hydrogen-bond acceptors (Lipinski definition) is 4. The van der Waals surface area contributed by atoms with Gasteiger partial charge in [-0.05, 0) is 36.8 Å². The maximum absolute atomic E-state index is 5.63. The molecule has 4 rings (SSSR count). The Kier molecular flexibility index (Phi) is 4.22. The smallest absolute Gasteiger partial charge is 0.139 e. The van der Waals surface area contributed by atoms with E-state index >= 15 is 0 Å². The summed E-state index contributed by atoms with van der Waals surface area (Å²) >= 11 is 0. The third-order valence-electron chi connectivity index (χ3n) is 4.86. The Labute approximate surface area is 131 Å². The van der Waals surface area contributed by atoms with Gasteiger partial charge in [0.25, 0.3) is 0 Å². The Morgan fingerprint density at radius 2 is 2.09 bits per heavy atom. The summed E-state index contributed by atoms with van der Waals surface area (Å²) in [5.41, 5.74) is 7.67. The highest BCUT2D eigenvalue weighted by Crippen LogP contribution is 2.38. The number of anilines is 1. The first-order valence-corrected chi connectivity index (χ1v) is 7.98. The van der Waals surface area contributed by atoms with Crippen LogP contribution in [0.2, 0.25) is 0 Å². The molecule has 2 aromatic heterocycles. The zero-order valence-electron chi connectivity index (χ0n) is 13.2. The molecule has 2 fully saturated rings. The minimum atomic E-state index is 0.763. The molecule has 3 heterocycles. The average molecular weight is 299 g/mol. The van der Waals surface area contributed by atoms with E-state index in [9.17, 15) is 0 Å². The quantitative estimate of drug-likeness (QED) is 0.797. The van der Waals surface area contributed by atoms with Crippen LogP contribution < -0.4 is 11.1 Å². The topological polar surface area (TPSA) is 70.0 Å². The van der Waals surface area contributed by atoms with E-state index in [4.69, 9.17) is 5.73 Å². The fraction of sp³-hybridized carbons (Fsp3) is 0.471. The van der Waals surface area contributed by atoms with E-state index in [0.717, 1.165) is 34.4 Å². The van der Waals surface area contributed by atoms with Crippen LogP contribution in [0.3, 0.4) is 0 Å². The van der Waals surface area contributed by atoms with E-state index in [-0.39, 0.29) is 0 Å². The lowest BCUT2D eigenvalue weighted by Crippen LogP contribution is -2.25. The molecule has 0 radical (unpaired) electrons. The summed E-state index contributed by atoms with van der Waals surface area (Å²) < 4.78 is 0. The first kappa shape index (κ1) is 14.8. The molecule has 5 heteroatoms. The zero-order chi connectivity index (χ0) is 15.5. The molecule has 118 valence electrons. The van der Waals surface area contributed by atoms with Crippen LogP contribution >= 0.6 is 0 Å². The van der Waals surface area contributed by atoms with Crippen LogP contribution in [0.25, 0.3) is 11.0 Å². The van der Waals surface area contributed by atoms with E-state index in [1.165, 1.54) is 32.4 Å². The van der Waals surface area contributed by atoms with Gasteiger partial charge in [-0.2, -0.15) is 0 Å². The number of rotatable bonds is 2. The summed E-state index contributed by atoms with van der Waals surface area (Å²) in [4.78, 5) is 9.43. The number of pyridine rings is 1. The summed E-state index contributed by atoms with van der Waals surface area (Å²) in [7, 11) is 1.90. The molecule has 0 amide bonds. The van der Waals surface area contributed by atoms with Crippen molar-refractivity contribution >= 4 is 16.7 Å². The standard InChI is InChI=1S/C9H16N2.C8H9N3/c1-7(10)11-5-8-3-2-4-9(8)6-11;1-9-7-3-5-11-8-6(7)2-4-10-8/h8-9H,1-6,10H2;2-5H,1H3,(H2,9,10,11). The van der Waals surface area contributed by atoms with Crippen molar-refractivity contribution in [3.05, 3.63) is 36.9 Å². The Morgan fingerprint density at radius 3 is 2.73 bits per heavy atom. The van der Waals surface area contributed by atoms with E-state index in [1.54, 1.807) is 6.20 Å². The Hall–Kier alpha value is -2.17. The summed E-state index contributed by atoms with van der Waals surface area (Å²) in [6, 6.07) is 3.96. The van der Waals surface area contributed by atoms with Gasteiger partial charge in [-0.1, -0.05) is 13.0 Å². The number of nitrogens with zero attached hydrogens (tertiary/aromatic N) is 2. The van der Waals surface area contributed by atoms with Crippen molar-refractivity contribution < 1.29 is 0 Å². The first-order valence-electron chi connectivity index (χ1n) is 7.98. The maximum atomic E-state index is 5.63. The highest BCUT2D eigenvalue weighted by Gasteiger charge is 2.35. The number of H-pyrrole nitrogens is 1. The van der Waals surface area contributed by atoms with Crippen molar-refractivity contribution in [1.82, 2.24) is 14.9 Å². The lowest BCUT2D eigenvalue weighted by atomic mass is 10.0. The zero-order valence-corrected chi connectivity index (χ0v) is 13.2. The normalized spacial score (nSPS) is 23.0. The van der Waals surface area contributed by atoms with Crippen LogP contribution in [0.15, 0.2) is 36.9 Å². The minimum Gasteiger partial charge on any atom is -0.387 e. The molecular formula is C17H25N5. The molecular weight excluding hydrogens is 274 g/mol. The molecule has 1 aliphatic heterocycles. The fourth-order valence-electron chi connectivity index (χ4n) is 3.65. The summed E-state index contributed by atoms with van der Waals surface area (Å²) in [6.45, 7) is 6.10. The van der Waals surface area contributed by atoms with Crippen molar-refractivity contribution in [2.45, 2.75) is 19.3 Å². The van der Waals surface area contributed by atoms with Crippen LogP contribution in [-0.4, -0.2) is 35.0 Å². The van der Waals surface area contributed by atoms with E-state index in [1.807, 2.05) is 25.4 Å². The molecule has 0 aromatic carbocycles. The van der Waals surface area contributed by atoms with Gasteiger partial charge in [0.1, 0.15) is 5.65 Å². The van der Waals surface area contributed by atoms with Gasteiger partial charge >= 0.3 is 0 Å². The second-order valence-electron chi connectivity index (χ2n) is 6.20. The highest BCUT2D eigenvalue weighted by molar-refractivity contribution is 5.88. The number of nitrogens with one attached hydrogen (secondary N) is 2. The molecule has 2 atom stereocenters. The van der Waals surface area contributed by atoms with Gasteiger partial charge in [-0.25, -0.2) is 4.98 Å². The number of aromatic nitrogens is 2. The van der Waals surface area contributed by atoms with E-state index in [2.05, 4.69) is 26.8 Å². The van der Waals surface area contributed by atoms with Crippen LogP contribution in [0, 0.1) is 11.8 Å². The average Bonchev–Trinajstić information content (AvgIpc) is 3.21. The van der Waals surface area contributed by atoms with Crippen molar-refractivity contribution in [2.75, 3.05) is 25.5 Å². The SMILES string of the molecule is C=C(N)N1CC2CCCC2C1.CNc1ccnc2[nH]ccc12. The second-order valence-corrected chi connectivity index (χ2v) is 6.20. The maximum Gasteiger partial charge on any atom is 0.139 e. The lowest BCUT2D eigenvalue weighted by molar-refractivity contribution is 0.385. The number of nitrogens with two attached hydrogens (primary N) is 1. The van der Waals surface area contributed by atoms with Crippen molar-refractivity contribution in [3.8, 4) is 0 Å². The third kappa shape index (κ3) is 2.89. The second kappa shape index (κ2) is 6.30. The van der Waals surface area contributed by atoms with Gasteiger partial charge < -0.3 is 20.9 Å². The summed E-state index contributed by atoms with van der Waals surface area (Å²) in [6.07, 6.45) is 7.92. The molecule has 1 aliphatic carbocycles. The van der Waals surface area contributed by atoms with Gasteiger partial charge in [0, 0.05) is 43.6 Å². The molecule has 2 aromatic rings. The van der Waals surface area contributed by atoms with Gasteiger partial charge in [0.05, 0.1) is 5.82 Å². The van der Waals surface area contributed by atoms with Crippen LogP contribution in [0.4, 0.5) is 5.69 Å². The van der Waals surface area contributed by atoms with Gasteiger partial charge in [-0.3, -0.25) is 0 Å². The summed E-state index contributed by atoms with van der Waals surface area (Å²) in [5.74, 6) is 2.62. The van der Waals surface area contributed by atoms with Crippen LogP contribution in [0.5, 0.6) is 0 Å². The van der Waals surface area contributed by atoms with E-state index in [0.29, 0.717) is 0 Å². The van der Waals surface area contributed by atoms with Crippen molar-refractivity contribution in [2.24, 2.45) is 17.6 Å². The van der Waals surface area contributed by atoms with Crippen LogP contribution in [-0.2, 0) is 0 Å². The van der Waals surface area contributed by atoms with Crippen molar-refractivity contribution in [3.63, 3.8) is 0 Å². The number of hydrogen-bond donors (Lipinski definition) is 3. The van der Waals surface area contributed by atoms with Gasteiger partial charge in [-0.15, -0.1) is 0 Å². The predicted octanol–water partition coefficient (Wildman–Crippen LogP) is 2.75. The minimum absolute atomic E-state index is 0.763. The summed E-state index contributed by atoms with van der Waals surface area (Å²) in [5, 5.41) is 4.23. The molecule has 0 spiro atoms. The lowest BCUT2D eigenvalue weighted by Gasteiger charge is -2.17. The first-order chi connectivity index (χ1) is 10.7. The Balaban J connectivity index is 0.000000131. The molecule has 2 unspecified atom stereocenters. The molecule has 2 aliphatic rings. The third-order valence-corrected chi connectivity index (χ3v) is 4.86. The van der Waals surface area contributed by atoms with Gasteiger partial charge in [0.15, 0.2) is 0 Å². The highest BCUT2D eigenvalue weighted by atomic mass is 15.2. The number of aromatic amines is 1. The van der Waals surface area contributed by atoms with E-state index < -0.39 is 0 Å². The Bertz CT molecular complexity index is 635. The largest absolute Gasteiger partial charge is 0.387 e. The molecule has 1 saturated heterocycles. The molecule has 22 heavy (non-hydrogen) atoms. The Morgan fingerprint density at radius 1 is 1.36 bits per heavy atom. The fourth-order valence-corrected chi connectivity index (χ4v) is 3.65. The van der Waals surface area contributed by atoms with Crippen LogP contribution in [0.1, 0.15) is 19.3 Å². The number of likely N-dealkylation sites (tertiary alicyclic amines) is 1.